The van der Waals surface area contributed by atoms with Gasteiger partial charge in [0.2, 0.25) is 10.0 Å². The van der Waals surface area contributed by atoms with Crippen molar-refractivity contribution in [3.63, 3.8) is 0 Å². The van der Waals surface area contributed by atoms with Gasteiger partial charge in [0.15, 0.2) is 0 Å². The highest BCUT2D eigenvalue weighted by Crippen LogP contribution is 2.22. The molecule has 33 heavy (non-hydrogen) atoms. The number of fused-ring (bicyclic) bond motifs is 1. The van der Waals surface area contributed by atoms with E-state index in [1.807, 2.05) is 35.0 Å². The quantitative estimate of drug-likeness (QED) is 0.563. The molecule has 0 aromatic carbocycles. The number of pyridine rings is 2. The molecule has 0 amide bonds. The number of anilines is 1. The Morgan fingerprint density at radius 2 is 1.82 bits per heavy atom. The molecule has 5 heterocycles. The van der Waals surface area contributed by atoms with E-state index in [1.54, 1.807) is 12.1 Å². The molecule has 0 N–H and O–H groups in total. The Labute approximate surface area is 193 Å². The van der Waals surface area contributed by atoms with Crippen molar-refractivity contribution in [2.24, 2.45) is 0 Å². The average Bonchev–Trinajstić information content (AvgIpc) is 3.22. The minimum absolute atomic E-state index is 0.219. The van der Waals surface area contributed by atoms with Gasteiger partial charge in [-0.15, -0.1) is 0 Å². The fourth-order valence-electron chi connectivity index (χ4n) is 4.45. The first-order chi connectivity index (χ1) is 16.1. The molecule has 0 saturated carbocycles. The van der Waals surface area contributed by atoms with E-state index in [1.165, 1.54) is 10.5 Å². The van der Waals surface area contributed by atoms with E-state index in [0.29, 0.717) is 26.3 Å². The number of ether oxygens (including phenoxy) is 1. The first kappa shape index (κ1) is 21.9. The van der Waals surface area contributed by atoms with Crippen LogP contribution >= 0.6 is 0 Å². The zero-order chi connectivity index (χ0) is 22.8. The van der Waals surface area contributed by atoms with Crippen molar-refractivity contribution in [1.82, 2.24) is 18.6 Å². The number of rotatable bonds is 5. The van der Waals surface area contributed by atoms with Crippen LogP contribution in [0, 0.1) is 11.3 Å². The van der Waals surface area contributed by atoms with Crippen LogP contribution < -0.4 is 4.90 Å². The third kappa shape index (κ3) is 4.32. The summed E-state index contributed by atoms with van der Waals surface area (Å²) in [4.78, 5) is 9.18. The first-order valence-corrected chi connectivity index (χ1v) is 12.5. The van der Waals surface area contributed by atoms with Gasteiger partial charge in [-0.1, -0.05) is 6.07 Å². The maximum Gasteiger partial charge on any atom is 0.244 e. The topological polar surface area (TPSA) is 94.2 Å². The van der Waals surface area contributed by atoms with Crippen LogP contribution in [0.15, 0.2) is 53.8 Å². The molecule has 5 rings (SSSR count). The molecule has 0 unspecified atom stereocenters. The fourth-order valence-corrected chi connectivity index (χ4v) is 5.80. The number of piperazine rings is 1. The lowest BCUT2D eigenvalue weighted by molar-refractivity contribution is 0.0730. The zero-order valence-electron chi connectivity index (χ0n) is 18.3. The van der Waals surface area contributed by atoms with Gasteiger partial charge in [0, 0.05) is 70.0 Å². The highest BCUT2D eigenvalue weighted by atomic mass is 32.2. The smallest absolute Gasteiger partial charge is 0.244 e. The van der Waals surface area contributed by atoms with Crippen LogP contribution in [0.3, 0.4) is 0 Å². The van der Waals surface area contributed by atoms with Crippen molar-refractivity contribution in [3.05, 3.63) is 60.0 Å². The standard InChI is InChI=1S/C23H26N6O3S/c24-15-21-19(18-28-6-2-1-3-22(21)28)17-26-7-9-27(10-8-26)23-5-4-20(16-25-23)33(30,31)29-11-13-32-14-12-29/h1-6,16,18H,7-14,17H2. The van der Waals surface area contributed by atoms with Crippen LogP contribution in [0.5, 0.6) is 0 Å². The van der Waals surface area contributed by atoms with E-state index in [0.717, 1.165) is 55.2 Å². The molecule has 0 spiro atoms. The Balaban J connectivity index is 1.22. The maximum atomic E-state index is 12.8. The van der Waals surface area contributed by atoms with Crippen molar-refractivity contribution in [2.45, 2.75) is 11.4 Å². The number of aromatic nitrogens is 2. The maximum absolute atomic E-state index is 12.8. The lowest BCUT2D eigenvalue weighted by atomic mass is 10.1. The highest BCUT2D eigenvalue weighted by Gasteiger charge is 2.27. The molecule has 0 aliphatic carbocycles. The molecular formula is C23H26N6O3S. The van der Waals surface area contributed by atoms with Gasteiger partial charge in [-0.25, -0.2) is 13.4 Å². The molecule has 3 aromatic heterocycles. The number of morpholine rings is 1. The molecule has 2 aliphatic heterocycles. The number of sulfonamides is 1. The summed E-state index contributed by atoms with van der Waals surface area (Å²) in [5.41, 5.74) is 2.70. The second-order valence-corrected chi connectivity index (χ2v) is 10.2. The highest BCUT2D eigenvalue weighted by molar-refractivity contribution is 7.89. The molecule has 172 valence electrons. The Hall–Kier alpha value is -2.97. The van der Waals surface area contributed by atoms with E-state index in [2.05, 4.69) is 20.9 Å². The van der Waals surface area contributed by atoms with Gasteiger partial charge in [0.25, 0.3) is 0 Å². The summed E-state index contributed by atoms with van der Waals surface area (Å²) >= 11 is 0. The second-order valence-electron chi connectivity index (χ2n) is 8.27. The van der Waals surface area contributed by atoms with Crippen LogP contribution in [0.2, 0.25) is 0 Å². The predicted octanol–water partition coefficient (Wildman–Crippen LogP) is 1.55. The number of hydrogen-bond donors (Lipinski definition) is 0. The molecule has 3 aromatic rings. The largest absolute Gasteiger partial charge is 0.379 e. The summed E-state index contributed by atoms with van der Waals surface area (Å²) < 4.78 is 34.3. The van der Waals surface area contributed by atoms with E-state index in [-0.39, 0.29) is 4.90 Å². The number of hydrogen-bond acceptors (Lipinski definition) is 7. The fraction of sp³-hybridized carbons (Fsp3) is 0.391. The minimum Gasteiger partial charge on any atom is -0.379 e. The zero-order valence-corrected chi connectivity index (χ0v) is 19.1. The van der Waals surface area contributed by atoms with Crippen LogP contribution in [0.1, 0.15) is 11.1 Å². The van der Waals surface area contributed by atoms with Crippen molar-refractivity contribution in [2.75, 3.05) is 57.4 Å². The van der Waals surface area contributed by atoms with Gasteiger partial charge in [0.1, 0.15) is 16.8 Å². The molecular weight excluding hydrogens is 440 g/mol. The summed E-state index contributed by atoms with van der Waals surface area (Å²) in [6.45, 7) is 5.57. The molecule has 10 heteroatoms. The van der Waals surface area contributed by atoms with E-state index < -0.39 is 10.0 Å². The normalized spacial score (nSPS) is 18.5. The van der Waals surface area contributed by atoms with Crippen molar-refractivity contribution in [3.8, 4) is 6.07 Å². The van der Waals surface area contributed by atoms with Crippen molar-refractivity contribution in [1.29, 1.82) is 5.26 Å². The molecule has 2 saturated heterocycles. The van der Waals surface area contributed by atoms with Crippen molar-refractivity contribution < 1.29 is 13.2 Å². The van der Waals surface area contributed by atoms with Gasteiger partial charge in [-0.3, -0.25) is 4.90 Å². The van der Waals surface area contributed by atoms with Gasteiger partial charge in [-0.2, -0.15) is 9.57 Å². The molecule has 0 bridgehead atoms. The van der Waals surface area contributed by atoms with Crippen LogP contribution in [-0.2, 0) is 21.3 Å². The van der Waals surface area contributed by atoms with E-state index in [9.17, 15) is 13.7 Å². The lowest BCUT2D eigenvalue weighted by Crippen LogP contribution is -2.46. The summed E-state index contributed by atoms with van der Waals surface area (Å²) in [6, 6.07) is 11.7. The van der Waals surface area contributed by atoms with Crippen LogP contribution in [-0.4, -0.2) is 79.5 Å². The Kier molecular flexibility index (Phi) is 6.03. The summed E-state index contributed by atoms with van der Waals surface area (Å²) in [5.74, 6) is 0.780. The average molecular weight is 467 g/mol. The molecule has 0 radical (unpaired) electrons. The minimum atomic E-state index is -3.53. The lowest BCUT2D eigenvalue weighted by Gasteiger charge is -2.35. The van der Waals surface area contributed by atoms with Crippen LogP contribution in [0.4, 0.5) is 5.82 Å². The molecule has 0 atom stereocenters. The molecule has 2 aliphatic rings. The van der Waals surface area contributed by atoms with Gasteiger partial charge in [-0.05, 0) is 24.3 Å². The number of nitrogens with zero attached hydrogens (tertiary/aromatic N) is 6. The second kappa shape index (κ2) is 9.11. The van der Waals surface area contributed by atoms with Gasteiger partial charge >= 0.3 is 0 Å². The summed E-state index contributed by atoms with van der Waals surface area (Å²) in [5, 5.41) is 9.64. The number of nitriles is 1. The summed E-state index contributed by atoms with van der Waals surface area (Å²) in [7, 11) is -3.53. The molecule has 9 nitrogen and oxygen atoms in total. The SMILES string of the molecule is N#Cc1c(CN2CCN(c3ccc(S(=O)(=O)N4CCOCC4)cn3)CC2)cn2ccccc12. The Morgan fingerprint density at radius 1 is 1.03 bits per heavy atom. The van der Waals surface area contributed by atoms with Crippen molar-refractivity contribution >= 4 is 21.4 Å². The van der Waals surface area contributed by atoms with E-state index in [4.69, 9.17) is 4.74 Å². The summed E-state index contributed by atoms with van der Waals surface area (Å²) in [6.07, 6.45) is 5.46. The van der Waals surface area contributed by atoms with Gasteiger partial charge < -0.3 is 14.0 Å². The third-order valence-corrected chi connectivity index (χ3v) is 8.18. The monoisotopic (exact) mass is 466 g/mol. The Morgan fingerprint density at radius 3 is 2.52 bits per heavy atom. The van der Waals surface area contributed by atoms with Gasteiger partial charge in [0.05, 0.1) is 24.3 Å². The molecule has 2 fully saturated rings. The van der Waals surface area contributed by atoms with E-state index >= 15 is 0 Å². The third-order valence-electron chi connectivity index (χ3n) is 6.29. The first-order valence-electron chi connectivity index (χ1n) is 11.1. The van der Waals surface area contributed by atoms with Crippen LogP contribution in [0.25, 0.3) is 5.52 Å². The Bertz CT molecular complexity index is 1270. The predicted molar refractivity (Wildman–Crippen MR) is 123 cm³/mol.